The molecule has 26 heavy (non-hydrogen) atoms. The first-order chi connectivity index (χ1) is 12.4. The average Bonchev–Trinajstić information content (AvgIpc) is 2.96. The van der Waals surface area contributed by atoms with Crippen LogP contribution in [0, 0.1) is 13.8 Å². The lowest BCUT2D eigenvalue weighted by Crippen LogP contribution is -2.39. The Kier molecular flexibility index (Phi) is 5.56. The van der Waals surface area contributed by atoms with Crippen molar-refractivity contribution < 1.29 is 9.59 Å². The number of hydrogen-bond acceptors (Lipinski definition) is 3. The first-order valence-corrected chi connectivity index (χ1v) is 10.2. The van der Waals surface area contributed by atoms with Crippen LogP contribution in [0.1, 0.15) is 51.9 Å². The van der Waals surface area contributed by atoms with Gasteiger partial charge in [-0.05, 0) is 75.5 Å². The summed E-state index contributed by atoms with van der Waals surface area (Å²) in [5.41, 5.74) is 4.39. The standard InChI is InChI=1S/C21H26N2O2S/c1-14-13-20(16(3)24)15(2)23(14)19-7-5-17(6-8-19)21(25)22(4)18-9-11-26-12-10-18/h5-8,13,18H,9-12H2,1-4H3. The number of amides is 1. The number of carbonyl (C=O) groups is 2. The Bertz CT molecular complexity index is 817. The molecule has 1 amide bonds. The molecule has 0 radical (unpaired) electrons. The first-order valence-electron chi connectivity index (χ1n) is 9.05. The van der Waals surface area contributed by atoms with E-state index in [0.717, 1.165) is 47.0 Å². The molecule has 0 bridgehead atoms. The van der Waals surface area contributed by atoms with Gasteiger partial charge in [0.1, 0.15) is 0 Å². The molecule has 0 saturated carbocycles. The van der Waals surface area contributed by atoms with Gasteiger partial charge in [0, 0.05) is 41.3 Å². The van der Waals surface area contributed by atoms with Crippen molar-refractivity contribution in [3.8, 4) is 5.69 Å². The summed E-state index contributed by atoms with van der Waals surface area (Å²) in [5.74, 6) is 2.42. The number of thioether (sulfide) groups is 1. The minimum absolute atomic E-state index is 0.0726. The molecule has 1 saturated heterocycles. The molecule has 0 spiro atoms. The number of ketones is 1. The zero-order valence-electron chi connectivity index (χ0n) is 15.9. The highest BCUT2D eigenvalue weighted by Gasteiger charge is 2.23. The summed E-state index contributed by atoms with van der Waals surface area (Å²) in [6, 6.07) is 9.96. The van der Waals surface area contributed by atoms with E-state index in [4.69, 9.17) is 0 Å². The van der Waals surface area contributed by atoms with E-state index in [1.165, 1.54) is 0 Å². The lowest BCUT2D eigenvalue weighted by atomic mass is 10.1. The zero-order chi connectivity index (χ0) is 18.8. The molecule has 1 aromatic carbocycles. The van der Waals surface area contributed by atoms with E-state index in [0.29, 0.717) is 11.6 Å². The fourth-order valence-corrected chi connectivity index (χ4v) is 4.79. The molecule has 1 aromatic heterocycles. The Hall–Kier alpha value is -2.01. The smallest absolute Gasteiger partial charge is 0.253 e. The molecule has 0 atom stereocenters. The van der Waals surface area contributed by atoms with Crippen molar-refractivity contribution in [2.45, 2.75) is 39.7 Å². The minimum Gasteiger partial charge on any atom is -0.339 e. The summed E-state index contributed by atoms with van der Waals surface area (Å²) in [7, 11) is 1.91. The van der Waals surface area contributed by atoms with E-state index in [1.807, 2.05) is 67.9 Å². The number of hydrogen-bond donors (Lipinski definition) is 0. The van der Waals surface area contributed by atoms with Gasteiger partial charge in [-0.15, -0.1) is 0 Å². The Labute approximate surface area is 159 Å². The zero-order valence-corrected chi connectivity index (χ0v) is 16.7. The molecule has 0 unspecified atom stereocenters. The fraction of sp³-hybridized carbons (Fsp3) is 0.429. The summed E-state index contributed by atoms with van der Waals surface area (Å²) < 4.78 is 2.06. The van der Waals surface area contributed by atoms with Gasteiger partial charge in [-0.25, -0.2) is 0 Å². The van der Waals surface area contributed by atoms with Crippen molar-refractivity contribution in [2.75, 3.05) is 18.6 Å². The predicted molar refractivity (Wildman–Crippen MR) is 108 cm³/mol. The molecule has 3 rings (SSSR count). The number of rotatable bonds is 4. The molecule has 138 valence electrons. The van der Waals surface area contributed by atoms with Crippen LogP contribution >= 0.6 is 11.8 Å². The van der Waals surface area contributed by atoms with Crippen molar-refractivity contribution in [1.82, 2.24) is 9.47 Å². The van der Waals surface area contributed by atoms with Crippen LogP contribution in [0.15, 0.2) is 30.3 Å². The first kappa shape index (κ1) is 18.8. The van der Waals surface area contributed by atoms with Gasteiger partial charge in [0.25, 0.3) is 5.91 Å². The maximum atomic E-state index is 12.8. The van der Waals surface area contributed by atoms with Gasteiger partial charge < -0.3 is 9.47 Å². The summed E-state index contributed by atoms with van der Waals surface area (Å²) in [4.78, 5) is 26.5. The maximum absolute atomic E-state index is 12.8. The summed E-state index contributed by atoms with van der Waals surface area (Å²) in [6.45, 7) is 5.54. The normalized spacial score (nSPS) is 15.1. The van der Waals surface area contributed by atoms with Crippen LogP contribution < -0.4 is 0 Å². The van der Waals surface area contributed by atoms with Crippen molar-refractivity contribution in [1.29, 1.82) is 0 Å². The quantitative estimate of drug-likeness (QED) is 0.755. The maximum Gasteiger partial charge on any atom is 0.253 e. The lowest BCUT2D eigenvalue weighted by Gasteiger charge is -2.31. The molecule has 5 heteroatoms. The molecule has 2 aromatic rings. The number of aromatic nitrogens is 1. The molecule has 0 N–H and O–H groups in total. The molecule has 0 aliphatic carbocycles. The second kappa shape index (κ2) is 7.70. The van der Waals surface area contributed by atoms with Crippen molar-refractivity contribution in [2.24, 2.45) is 0 Å². The van der Waals surface area contributed by atoms with Gasteiger partial charge in [-0.3, -0.25) is 9.59 Å². The molecule has 1 aliphatic heterocycles. The van der Waals surface area contributed by atoms with Crippen LogP contribution in [0.25, 0.3) is 5.69 Å². The van der Waals surface area contributed by atoms with Gasteiger partial charge in [0.05, 0.1) is 0 Å². The average molecular weight is 371 g/mol. The van der Waals surface area contributed by atoms with Crippen LogP contribution in [0.5, 0.6) is 0 Å². The largest absolute Gasteiger partial charge is 0.339 e. The van der Waals surface area contributed by atoms with E-state index in [1.54, 1.807) is 6.92 Å². The Morgan fingerprint density at radius 1 is 1.12 bits per heavy atom. The SMILES string of the molecule is CC(=O)c1cc(C)n(-c2ccc(C(=O)N(C)C3CCSCC3)cc2)c1C. The van der Waals surface area contributed by atoms with Gasteiger partial charge >= 0.3 is 0 Å². The number of nitrogens with zero attached hydrogens (tertiary/aromatic N) is 2. The van der Waals surface area contributed by atoms with E-state index in [-0.39, 0.29) is 11.7 Å². The van der Waals surface area contributed by atoms with E-state index >= 15 is 0 Å². The third-order valence-corrected chi connectivity index (χ3v) is 6.29. The van der Waals surface area contributed by atoms with Gasteiger partial charge in [-0.1, -0.05) is 0 Å². The Morgan fingerprint density at radius 3 is 2.27 bits per heavy atom. The second-order valence-corrected chi connectivity index (χ2v) is 8.21. The van der Waals surface area contributed by atoms with Gasteiger partial charge in [-0.2, -0.15) is 11.8 Å². The molecule has 2 heterocycles. The number of Topliss-reactive ketones (excluding diaryl/α,β-unsaturated/α-hetero) is 1. The molecule has 1 aliphatic rings. The Balaban J connectivity index is 1.82. The number of benzene rings is 1. The highest BCUT2D eigenvalue weighted by atomic mass is 32.2. The second-order valence-electron chi connectivity index (χ2n) is 6.98. The van der Waals surface area contributed by atoms with Crippen molar-refractivity contribution >= 4 is 23.5 Å². The summed E-state index contributed by atoms with van der Waals surface area (Å²) >= 11 is 1.97. The minimum atomic E-state index is 0.0726. The van der Waals surface area contributed by atoms with Crippen molar-refractivity contribution in [3.05, 3.63) is 52.8 Å². The van der Waals surface area contributed by atoms with Crippen LogP contribution in [0.2, 0.25) is 0 Å². The van der Waals surface area contributed by atoms with Crippen molar-refractivity contribution in [3.63, 3.8) is 0 Å². The molecular weight excluding hydrogens is 344 g/mol. The third kappa shape index (κ3) is 3.58. The summed E-state index contributed by atoms with van der Waals surface area (Å²) in [5, 5.41) is 0. The van der Waals surface area contributed by atoms with Gasteiger partial charge in [0.15, 0.2) is 5.78 Å². The molecule has 4 nitrogen and oxygen atoms in total. The lowest BCUT2D eigenvalue weighted by molar-refractivity contribution is 0.0723. The van der Waals surface area contributed by atoms with Crippen LogP contribution in [0.3, 0.4) is 0 Å². The Morgan fingerprint density at radius 2 is 1.73 bits per heavy atom. The van der Waals surface area contributed by atoms with Gasteiger partial charge in [0.2, 0.25) is 0 Å². The third-order valence-electron chi connectivity index (χ3n) is 5.24. The van der Waals surface area contributed by atoms with E-state index in [9.17, 15) is 9.59 Å². The van der Waals surface area contributed by atoms with E-state index < -0.39 is 0 Å². The fourth-order valence-electron chi connectivity index (χ4n) is 3.71. The van der Waals surface area contributed by atoms with Crippen LogP contribution in [-0.2, 0) is 0 Å². The monoisotopic (exact) mass is 370 g/mol. The highest BCUT2D eigenvalue weighted by molar-refractivity contribution is 7.99. The van der Waals surface area contributed by atoms with Crippen LogP contribution in [0.4, 0.5) is 0 Å². The molecular formula is C21H26N2O2S. The summed E-state index contributed by atoms with van der Waals surface area (Å²) in [6.07, 6.45) is 2.14. The predicted octanol–water partition coefficient (Wildman–Crippen LogP) is 4.26. The highest BCUT2D eigenvalue weighted by Crippen LogP contribution is 2.24. The van der Waals surface area contributed by atoms with Crippen LogP contribution in [-0.4, -0.2) is 45.8 Å². The number of aryl methyl sites for hydroxylation is 1. The topological polar surface area (TPSA) is 42.3 Å². The van der Waals surface area contributed by atoms with E-state index in [2.05, 4.69) is 4.57 Å². The molecule has 1 fully saturated rings. The number of carbonyl (C=O) groups excluding carboxylic acids is 2.